The maximum Gasteiger partial charge on any atom is 0.250 e. The van der Waals surface area contributed by atoms with E-state index >= 15 is 0 Å². The second kappa shape index (κ2) is 7.74. The lowest BCUT2D eigenvalue weighted by atomic mass is 9.99. The van der Waals surface area contributed by atoms with Crippen LogP contribution in [0.3, 0.4) is 0 Å². The fourth-order valence-electron chi connectivity index (χ4n) is 4.13. The zero-order chi connectivity index (χ0) is 23.3. The van der Waals surface area contributed by atoms with E-state index in [0.29, 0.717) is 22.7 Å². The molecule has 5 rings (SSSR count). The van der Waals surface area contributed by atoms with Gasteiger partial charge in [-0.05, 0) is 43.5 Å². The highest BCUT2D eigenvalue weighted by atomic mass is 16.1. The van der Waals surface area contributed by atoms with Gasteiger partial charge < -0.3 is 20.2 Å². The molecule has 4 aromatic rings. The van der Waals surface area contributed by atoms with Crippen LogP contribution in [0.15, 0.2) is 65.9 Å². The van der Waals surface area contributed by atoms with Crippen LogP contribution in [0, 0.1) is 0 Å². The van der Waals surface area contributed by atoms with Gasteiger partial charge in [0, 0.05) is 47.7 Å². The number of fused-ring (bicyclic) bond motifs is 1. The van der Waals surface area contributed by atoms with Gasteiger partial charge in [-0.25, -0.2) is 9.97 Å². The quantitative estimate of drug-likeness (QED) is 0.458. The van der Waals surface area contributed by atoms with E-state index in [4.69, 9.17) is 5.73 Å². The van der Waals surface area contributed by atoms with Crippen LogP contribution in [-0.4, -0.2) is 25.0 Å². The van der Waals surface area contributed by atoms with Crippen molar-refractivity contribution in [1.29, 1.82) is 0 Å². The molecule has 0 unspecified atom stereocenters. The minimum atomic E-state index is -0.224. The number of nitrogens with two attached hydrogens (primary N) is 1. The van der Waals surface area contributed by atoms with E-state index in [1.54, 1.807) is 17.6 Å². The van der Waals surface area contributed by atoms with Crippen molar-refractivity contribution in [1.82, 2.24) is 19.1 Å². The third-order valence-corrected chi connectivity index (χ3v) is 5.97. The molecule has 1 aromatic carbocycles. The summed E-state index contributed by atoms with van der Waals surface area (Å²) < 4.78 is 3.78. The molecule has 1 aliphatic carbocycles. The lowest BCUT2D eigenvalue weighted by Crippen LogP contribution is -2.17. The van der Waals surface area contributed by atoms with Crippen molar-refractivity contribution in [3.63, 3.8) is 0 Å². The molecule has 1 saturated carbocycles. The summed E-state index contributed by atoms with van der Waals surface area (Å²) in [5.74, 6) is 0.157. The third-order valence-electron chi connectivity index (χ3n) is 5.97. The number of hydrogen-bond donors (Lipinski definition) is 2. The normalized spacial score (nSPS) is 13.3. The van der Waals surface area contributed by atoms with Crippen molar-refractivity contribution < 1.29 is 4.79 Å². The van der Waals surface area contributed by atoms with Crippen LogP contribution in [0.1, 0.15) is 25.8 Å². The summed E-state index contributed by atoms with van der Waals surface area (Å²) in [5, 5.41) is 3.57. The Labute approximate surface area is 190 Å². The number of nitrogens with zero attached hydrogens (tertiary/aromatic N) is 4. The molecule has 3 heterocycles. The van der Waals surface area contributed by atoms with Crippen molar-refractivity contribution in [2.75, 3.05) is 11.1 Å². The van der Waals surface area contributed by atoms with E-state index in [-0.39, 0.29) is 17.5 Å². The Bertz CT molecular complexity index is 1480. The van der Waals surface area contributed by atoms with Crippen LogP contribution in [-0.2, 0) is 11.8 Å². The van der Waals surface area contributed by atoms with Gasteiger partial charge in [0.2, 0.25) is 0 Å². The van der Waals surface area contributed by atoms with Crippen LogP contribution in [0.2, 0.25) is 0 Å². The first-order valence-corrected chi connectivity index (χ1v) is 10.7. The summed E-state index contributed by atoms with van der Waals surface area (Å²) in [5.41, 5.74) is 11.7. The molecule has 1 aliphatic rings. The van der Waals surface area contributed by atoms with Gasteiger partial charge in [0.1, 0.15) is 17.8 Å². The number of amides is 1. The standard InChI is InChI=1S/C25H24N6O2/c1-14(2)25(33)29-17-7-4-15(5-8-17)22-20(21-23(26)27-13-28-24(21)30(22)3)16-6-11-19(32)31(12-16)18-9-10-18/h4-8,11-13,18H,1,9-10H2,2-3H3,(H,29,33)(H2,26,27,28). The number of aromatic nitrogens is 4. The van der Waals surface area contributed by atoms with E-state index in [0.717, 1.165) is 40.6 Å². The minimum Gasteiger partial charge on any atom is -0.383 e. The average Bonchev–Trinajstić information content (AvgIpc) is 3.59. The Balaban J connectivity index is 1.70. The second-order valence-corrected chi connectivity index (χ2v) is 8.45. The zero-order valence-electron chi connectivity index (χ0n) is 18.5. The van der Waals surface area contributed by atoms with Crippen LogP contribution in [0.25, 0.3) is 33.4 Å². The maximum atomic E-state index is 12.4. The second-order valence-electron chi connectivity index (χ2n) is 8.45. The number of hydrogen-bond acceptors (Lipinski definition) is 5. The highest BCUT2D eigenvalue weighted by Gasteiger charge is 2.26. The first kappa shape index (κ1) is 20.7. The molecular weight excluding hydrogens is 416 g/mol. The number of carbonyl (C=O) groups excluding carboxylic acids is 1. The SMILES string of the molecule is C=C(C)C(=O)Nc1ccc(-c2c(-c3ccc(=O)n(C4CC4)c3)c3c(N)ncnc3n2C)cc1. The molecule has 8 nitrogen and oxygen atoms in total. The molecule has 166 valence electrons. The van der Waals surface area contributed by atoms with Gasteiger partial charge in [-0.1, -0.05) is 18.7 Å². The van der Waals surface area contributed by atoms with E-state index in [9.17, 15) is 9.59 Å². The molecule has 0 aliphatic heterocycles. The van der Waals surface area contributed by atoms with Crippen LogP contribution in [0.5, 0.6) is 0 Å². The number of aryl methyl sites for hydroxylation is 1. The molecular formula is C25H24N6O2. The number of benzene rings is 1. The molecule has 0 saturated heterocycles. The number of nitrogen functional groups attached to an aromatic ring is 1. The van der Waals surface area contributed by atoms with Gasteiger partial charge in [0.15, 0.2) is 0 Å². The summed E-state index contributed by atoms with van der Waals surface area (Å²) in [4.78, 5) is 33.1. The summed E-state index contributed by atoms with van der Waals surface area (Å²) in [7, 11) is 1.93. The number of pyridine rings is 1. The minimum absolute atomic E-state index is 0.00938. The first-order chi connectivity index (χ1) is 15.8. The molecule has 33 heavy (non-hydrogen) atoms. The van der Waals surface area contributed by atoms with E-state index < -0.39 is 0 Å². The van der Waals surface area contributed by atoms with Gasteiger partial charge in [-0.2, -0.15) is 0 Å². The van der Waals surface area contributed by atoms with Crippen molar-refractivity contribution in [2.45, 2.75) is 25.8 Å². The lowest BCUT2D eigenvalue weighted by Gasteiger charge is -2.12. The molecule has 0 radical (unpaired) electrons. The molecule has 1 fully saturated rings. The number of anilines is 2. The Kier molecular flexibility index (Phi) is 4.85. The Morgan fingerprint density at radius 3 is 2.48 bits per heavy atom. The smallest absolute Gasteiger partial charge is 0.250 e. The van der Waals surface area contributed by atoms with Crippen LogP contribution >= 0.6 is 0 Å². The van der Waals surface area contributed by atoms with Gasteiger partial charge in [0.05, 0.1) is 11.1 Å². The number of carbonyl (C=O) groups is 1. The lowest BCUT2D eigenvalue weighted by molar-refractivity contribution is -0.112. The average molecular weight is 441 g/mol. The fraction of sp³-hybridized carbons (Fsp3) is 0.200. The summed E-state index contributed by atoms with van der Waals surface area (Å²) >= 11 is 0. The maximum absolute atomic E-state index is 12.4. The summed E-state index contributed by atoms with van der Waals surface area (Å²) in [6.07, 6.45) is 5.38. The van der Waals surface area contributed by atoms with E-state index in [1.807, 2.05) is 48.1 Å². The molecule has 3 N–H and O–H groups in total. The van der Waals surface area contributed by atoms with Crippen molar-refractivity contribution in [3.8, 4) is 22.4 Å². The predicted octanol–water partition coefficient (Wildman–Crippen LogP) is 3.90. The number of rotatable bonds is 5. The molecule has 0 atom stereocenters. The molecule has 3 aromatic heterocycles. The Morgan fingerprint density at radius 1 is 1.12 bits per heavy atom. The van der Waals surface area contributed by atoms with E-state index in [1.165, 1.54) is 6.33 Å². The van der Waals surface area contributed by atoms with Gasteiger partial charge in [-0.15, -0.1) is 0 Å². The van der Waals surface area contributed by atoms with Crippen LogP contribution in [0.4, 0.5) is 11.5 Å². The van der Waals surface area contributed by atoms with Gasteiger partial charge in [0.25, 0.3) is 11.5 Å². The van der Waals surface area contributed by atoms with Crippen molar-refractivity contribution in [3.05, 3.63) is 71.4 Å². The molecule has 0 spiro atoms. The molecule has 8 heteroatoms. The largest absolute Gasteiger partial charge is 0.383 e. The zero-order valence-corrected chi connectivity index (χ0v) is 18.5. The Morgan fingerprint density at radius 2 is 1.82 bits per heavy atom. The van der Waals surface area contributed by atoms with Crippen molar-refractivity contribution in [2.24, 2.45) is 7.05 Å². The van der Waals surface area contributed by atoms with Crippen LogP contribution < -0.4 is 16.6 Å². The third kappa shape index (κ3) is 3.59. The van der Waals surface area contributed by atoms with E-state index in [2.05, 4.69) is 21.9 Å². The Hall–Kier alpha value is -4.20. The molecule has 0 bridgehead atoms. The highest BCUT2D eigenvalue weighted by Crippen LogP contribution is 2.42. The summed E-state index contributed by atoms with van der Waals surface area (Å²) in [6, 6.07) is 11.2. The predicted molar refractivity (Wildman–Crippen MR) is 130 cm³/mol. The molecule has 1 amide bonds. The monoisotopic (exact) mass is 440 g/mol. The van der Waals surface area contributed by atoms with Gasteiger partial charge >= 0.3 is 0 Å². The van der Waals surface area contributed by atoms with Crippen molar-refractivity contribution >= 4 is 28.4 Å². The topological polar surface area (TPSA) is 108 Å². The number of nitrogens with one attached hydrogen (secondary N) is 1. The first-order valence-electron chi connectivity index (χ1n) is 10.7. The summed E-state index contributed by atoms with van der Waals surface area (Å²) in [6.45, 7) is 5.34. The highest BCUT2D eigenvalue weighted by molar-refractivity contribution is 6.08. The fourth-order valence-corrected chi connectivity index (χ4v) is 4.13. The van der Waals surface area contributed by atoms with Gasteiger partial charge in [-0.3, -0.25) is 9.59 Å².